The van der Waals surface area contributed by atoms with Crippen molar-refractivity contribution in [2.24, 2.45) is 10.2 Å². The van der Waals surface area contributed by atoms with Crippen molar-refractivity contribution in [1.29, 1.82) is 0 Å². The highest BCUT2D eigenvalue weighted by molar-refractivity contribution is 5.97. The molecule has 2 aromatic heterocycles. The molecule has 0 saturated carbocycles. The van der Waals surface area contributed by atoms with Gasteiger partial charge in [-0.05, 0) is 35.4 Å². The third-order valence-electron chi connectivity index (χ3n) is 5.29. The zero-order valence-electron chi connectivity index (χ0n) is 16.8. The number of hydrogen-bond donors (Lipinski definition) is 2. The number of aromatic amines is 1. The van der Waals surface area contributed by atoms with Gasteiger partial charge in [-0.3, -0.25) is 9.89 Å². The topological polar surface area (TPSA) is 95.6 Å². The first-order valence-electron chi connectivity index (χ1n) is 9.87. The maximum Gasteiger partial charge on any atom is 0.315 e. The number of carbonyl (C=O) groups is 1. The maximum atomic E-state index is 12.3. The summed E-state index contributed by atoms with van der Waals surface area (Å²) in [6.45, 7) is 2.25. The Morgan fingerprint density at radius 2 is 1.77 bits per heavy atom. The van der Waals surface area contributed by atoms with Gasteiger partial charge in [0.25, 0.3) is 0 Å². The molecule has 0 radical (unpaired) electrons. The molecule has 0 atom stereocenters. The van der Waals surface area contributed by atoms with E-state index in [0.717, 1.165) is 32.9 Å². The zero-order chi connectivity index (χ0) is 21.4. The Hall–Kier alpha value is -4.26. The van der Waals surface area contributed by atoms with Crippen LogP contribution >= 0.6 is 0 Å². The summed E-state index contributed by atoms with van der Waals surface area (Å²) in [5.74, 6) is -0.612. The largest absolute Gasteiger partial charge is 0.493 e. The molecule has 3 aromatic carbocycles. The summed E-state index contributed by atoms with van der Waals surface area (Å²) in [4.78, 5) is 12.3. The van der Waals surface area contributed by atoms with Crippen LogP contribution in [0.4, 0.5) is 5.69 Å². The first kappa shape index (κ1) is 18.7. The van der Waals surface area contributed by atoms with Crippen molar-refractivity contribution in [3.63, 3.8) is 0 Å². The molecule has 0 saturated heterocycles. The van der Waals surface area contributed by atoms with E-state index in [4.69, 9.17) is 0 Å². The molecule has 31 heavy (non-hydrogen) atoms. The van der Waals surface area contributed by atoms with Crippen molar-refractivity contribution in [2.45, 2.75) is 13.5 Å². The molecule has 152 valence electrons. The Morgan fingerprint density at radius 3 is 2.58 bits per heavy atom. The SMILES string of the molecule is Cc1cc(C(=O)N=Nc2c(O)n(Cc3cccc4ccccc34)c3ccccc23)n[nH]1. The smallest absolute Gasteiger partial charge is 0.315 e. The third kappa shape index (κ3) is 3.36. The third-order valence-corrected chi connectivity index (χ3v) is 5.29. The van der Waals surface area contributed by atoms with Gasteiger partial charge in [0, 0.05) is 11.1 Å². The maximum absolute atomic E-state index is 12.3. The van der Waals surface area contributed by atoms with Gasteiger partial charge in [-0.1, -0.05) is 60.7 Å². The fourth-order valence-corrected chi connectivity index (χ4v) is 3.81. The summed E-state index contributed by atoms with van der Waals surface area (Å²) >= 11 is 0. The number of nitrogens with zero attached hydrogens (tertiary/aromatic N) is 4. The Kier molecular flexibility index (Phi) is 4.55. The van der Waals surface area contributed by atoms with Crippen molar-refractivity contribution in [3.05, 3.63) is 89.7 Å². The highest BCUT2D eigenvalue weighted by Crippen LogP contribution is 2.39. The minimum absolute atomic E-state index is 0.0381. The zero-order valence-corrected chi connectivity index (χ0v) is 16.8. The predicted molar refractivity (Wildman–Crippen MR) is 119 cm³/mol. The van der Waals surface area contributed by atoms with E-state index in [9.17, 15) is 9.90 Å². The van der Waals surface area contributed by atoms with E-state index in [2.05, 4.69) is 38.6 Å². The molecule has 2 heterocycles. The van der Waals surface area contributed by atoms with Gasteiger partial charge >= 0.3 is 5.91 Å². The van der Waals surface area contributed by atoms with Gasteiger partial charge in [-0.15, -0.1) is 10.2 Å². The van der Waals surface area contributed by atoms with Crippen LogP contribution in [0, 0.1) is 6.92 Å². The fourth-order valence-electron chi connectivity index (χ4n) is 3.81. The van der Waals surface area contributed by atoms with Crippen LogP contribution in [0.5, 0.6) is 5.88 Å². The fraction of sp³-hybridized carbons (Fsp3) is 0.0833. The van der Waals surface area contributed by atoms with Crippen molar-refractivity contribution in [2.75, 3.05) is 0 Å². The van der Waals surface area contributed by atoms with E-state index in [0.29, 0.717) is 6.54 Å². The van der Waals surface area contributed by atoms with E-state index in [1.807, 2.05) is 48.5 Å². The minimum Gasteiger partial charge on any atom is -0.493 e. The minimum atomic E-state index is -0.574. The Bertz CT molecular complexity index is 1460. The van der Waals surface area contributed by atoms with Gasteiger partial charge in [0.1, 0.15) is 0 Å². The summed E-state index contributed by atoms with van der Waals surface area (Å²) in [6, 6.07) is 23.4. The number of H-pyrrole nitrogens is 1. The molecular weight excluding hydrogens is 390 g/mol. The average molecular weight is 409 g/mol. The second-order valence-corrected chi connectivity index (χ2v) is 7.36. The summed E-state index contributed by atoms with van der Waals surface area (Å²) < 4.78 is 1.79. The van der Waals surface area contributed by atoms with Crippen LogP contribution in [0.15, 0.2) is 83.0 Å². The molecule has 2 N–H and O–H groups in total. The summed E-state index contributed by atoms with van der Waals surface area (Å²) in [5.41, 5.74) is 3.08. The molecule has 7 nitrogen and oxygen atoms in total. The number of aryl methyl sites for hydroxylation is 1. The second-order valence-electron chi connectivity index (χ2n) is 7.36. The molecule has 0 aliphatic heterocycles. The van der Waals surface area contributed by atoms with E-state index >= 15 is 0 Å². The number of fused-ring (bicyclic) bond motifs is 2. The first-order chi connectivity index (χ1) is 15.1. The number of hydrogen-bond acceptors (Lipinski definition) is 4. The summed E-state index contributed by atoms with van der Waals surface area (Å²) in [6.07, 6.45) is 0. The predicted octanol–water partition coefficient (Wildman–Crippen LogP) is 5.50. The lowest BCUT2D eigenvalue weighted by Gasteiger charge is -2.10. The lowest BCUT2D eigenvalue weighted by Crippen LogP contribution is -1.99. The van der Waals surface area contributed by atoms with Gasteiger partial charge in [-0.2, -0.15) is 5.10 Å². The van der Waals surface area contributed by atoms with Crippen LogP contribution in [-0.2, 0) is 6.54 Å². The Morgan fingerprint density at radius 1 is 1.03 bits per heavy atom. The highest BCUT2D eigenvalue weighted by atomic mass is 16.3. The van der Waals surface area contributed by atoms with Crippen LogP contribution in [-0.4, -0.2) is 25.8 Å². The number of aromatic nitrogens is 3. The van der Waals surface area contributed by atoms with Crippen molar-refractivity contribution in [3.8, 4) is 5.88 Å². The number of aromatic hydroxyl groups is 1. The lowest BCUT2D eigenvalue weighted by atomic mass is 10.0. The van der Waals surface area contributed by atoms with Gasteiger partial charge < -0.3 is 9.67 Å². The summed E-state index contributed by atoms with van der Waals surface area (Å²) in [5, 5.41) is 28.5. The number of amides is 1. The Labute approximate surface area is 177 Å². The van der Waals surface area contributed by atoms with Gasteiger partial charge in [-0.25, -0.2) is 0 Å². The van der Waals surface area contributed by atoms with E-state index in [-0.39, 0.29) is 17.3 Å². The number of para-hydroxylation sites is 1. The lowest BCUT2D eigenvalue weighted by molar-refractivity contribution is 0.0990. The molecule has 5 rings (SSSR count). The van der Waals surface area contributed by atoms with Gasteiger partial charge in [0.15, 0.2) is 11.4 Å². The van der Waals surface area contributed by atoms with Crippen molar-refractivity contribution >= 4 is 33.3 Å². The molecule has 7 heteroatoms. The Balaban J connectivity index is 1.58. The van der Waals surface area contributed by atoms with Crippen LogP contribution in [0.1, 0.15) is 21.7 Å². The number of nitrogens with one attached hydrogen (secondary N) is 1. The standard InChI is InChI=1S/C24H19N5O2/c1-15-13-20(26-25-15)23(30)28-27-22-19-11-4-5-12-21(19)29(24(22)31)14-17-9-6-8-16-7-2-3-10-18(16)17/h2-13,31H,14H2,1H3,(H,25,26). The number of azo groups is 1. The van der Waals surface area contributed by atoms with E-state index in [1.165, 1.54) is 0 Å². The quantitative estimate of drug-likeness (QED) is 0.383. The molecular formula is C24H19N5O2. The molecule has 0 unspecified atom stereocenters. The van der Waals surface area contributed by atoms with Crippen molar-refractivity contribution < 1.29 is 9.90 Å². The van der Waals surface area contributed by atoms with Crippen LogP contribution in [0.3, 0.4) is 0 Å². The van der Waals surface area contributed by atoms with E-state index in [1.54, 1.807) is 17.6 Å². The molecule has 5 aromatic rings. The van der Waals surface area contributed by atoms with E-state index < -0.39 is 5.91 Å². The molecule has 0 aliphatic rings. The first-order valence-corrected chi connectivity index (χ1v) is 9.87. The van der Waals surface area contributed by atoms with Gasteiger partial charge in [0.05, 0.1) is 12.1 Å². The van der Waals surface area contributed by atoms with Crippen LogP contribution < -0.4 is 0 Å². The molecule has 1 amide bonds. The second kappa shape index (κ2) is 7.53. The number of carbonyl (C=O) groups excluding carboxylic acids is 1. The average Bonchev–Trinajstić information content (AvgIpc) is 3.34. The van der Waals surface area contributed by atoms with Gasteiger partial charge in [0.2, 0.25) is 5.88 Å². The molecule has 0 bridgehead atoms. The van der Waals surface area contributed by atoms with Crippen LogP contribution in [0.25, 0.3) is 21.7 Å². The van der Waals surface area contributed by atoms with Crippen LogP contribution in [0.2, 0.25) is 0 Å². The number of rotatable bonds is 4. The molecule has 0 fully saturated rings. The normalized spacial score (nSPS) is 11.6. The monoisotopic (exact) mass is 409 g/mol. The summed E-state index contributed by atoms with van der Waals surface area (Å²) in [7, 11) is 0. The highest BCUT2D eigenvalue weighted by Gasteiger charge is 2.18. The number of benzene rings is 3. The van der Waals surface area contributed by atoms with Crippen molar-refractivity contribution in [1.82, 2.24) is 14.8 Å². The molecule has 0 spiro atoms. The molecule has 0 aliphatic carbocycles.